The quantitative estimate of drug-likeness (QED) is 0.879. The van der Waals surface area contributed by atoms with Crippen molar-refractivity contribution in [2.24, 2.45) is 0 Å². The number of carbonyl (C=O) groups is 1. The summed E-state index contributed by atoms with van der Waals surface area (Å²) in [5, 5.41) is 3.19. The number of benzene rings is 1. The van der Waals surface area contributed by atoms with Crippen molar-refractivity contribution < 1.29 is 9.53 Å². The number of amides is 1. The van der Waals surface area contributed by atoms with Gasteiger partial charge in [-0.15, -0.1) is 0 Å². The van der Waals surface area contributed by atoms with E-state index in [0.29, 0.717) is 16.6 Å². The number of ether oxygens (including phenoxy) is 1. The molecule has 0 radical (unpaired) electrons. The maximum atomic E-state index is 11.8. The first kappa shape index (κ1) is 12.4. The van der Waals surface area contributed by atoms with Crippen LogP contribution in [-0.2, 0) is 6.54 Å². The Kier molecular flexibility index (Phi) is 3.78. The largest absolute Gasteiger partial charge is 0.496 e. The number of methoxy groups -OCH3 is 1. The Bertz CT molecular complexity index is 554. The van der Waals surface area contributed by atoms with Gasteiger partial charge < -0.3 is 15.8 Å². The van der Waals surface area contributed by atoms with Crippen LogP contribution in [0.1, 0.15) is 15.2 Å². The van der Waals surface area contributed by atoms with Gasteiger partial charge in [-0.05, 0) is 6.07 Å². The van der Waals surface area contributed by atoms with E-state index in [9.17, 15) is 4.79 Å². The number of hydrogen-bond donors (Lipinski definition) is 2. The Balaban J connectivity index is 2.01. The van der Waals surface area contributed by atoms with Crippen LogP contribution in [0.2, 0.25) is 0 Å². The molecule has 2 rings (SSSR count). The molecule has 2 aromatic rings. The lowest BCUT2D eigenvalue weighted by Gasteiger charge is -2.08. The number of hydrogen-bond acceptors (Lipinski definition) is 5. The van der Waals surface area contributed by atoms with Crippen molar-refractivity contribution in [3.05, 3.63) is 40.9 Å². The van der Waals surface area contributed by atoms with Crippen LogP contribution < -0.4 is 15.8 Å². The molecule has 0 aliphatic heterocycles. The smallest absolute Gasteiger partial charge is 0.263 e. The average Bonchev–Trinajstić information content (AvgIpc) is 2.83. The summed E-state index contributed by atoms with van der Waals surface area (Å²) >= 11 is 1.16. The maximum absolute atomic E-state index is 11.8. The lowest BCUT2D eigenvalue weighted by Crippen LogP contribution is -2.22. The molecule has 1 aromatic carbocycles. The zero-order valence-electron chi connectivity index (χ0n) is 9.84. The van der Waals surface area contributed by atoms with Crippen molar-refractivity contribution in [2.75, 3.05) is 12.8 Å². The predicted octanol–water partition coefficient (Wildman–Crippen LogP) is 1.66. The Morgan fingerprint density at radius 3 is 2.94 bits per heavy atom. The Hall–Kier alpha value is -2.08. The van der Waals surface area contributed by atoms with Crippen LogP contribution in [0, 0.1) is 0 Å². The standard InChI is InChI=1S/C12H13N3O2S/c1-17-9-5-3-2-4-8(9)6-14-11(16)10-7-15-12(13)18-10/h2-5,7H,6H2,1H3,(H2,13,15)(H,14,16). The molecule has 0 bridgehead atoms. The molecule has 3 N–H and O–H groups in total. The van der Waals surface area contributed by atoms with E-state index in [1.807, 2.05) is 24.3 Å². The number of nitrogens with two attached hydrogens (primary N) is 1. The number of rotatable bonds is 4. The summed E-state index contributed by atoms with van der Waals surface area (Å²) in [6, 6.07) is 7.54. The van der Waals surface area contributed by atoms with Gasteiger partial charge in [0, 0.05) is 12.1 Å². The predicted molar refractivity (Wildman–Crippen MR) is 70.7 cm³/mol. The molecule has 1 amide bonds. The summed E-state index contributed by atoms with van der Waals surface area (Å²) in [6.07, 6.45) is 1.47. The van der Waals surface area contributed by atoms with Crippen molar-refractivity contribution >= 4 is 22.4 Å². The summed E-state index contributed by atoms with van der Waals surface area (Å²) in [4.78, 5) is 16.1. The molecule has 0 saturated heterocycles. The second kappa shape index (κ2) is 5.50. The molecule has 0 atom stereocenters. The molecule has 0 fully saturated rings. The molecular formula is C12H13N3O2S. The molecule has 5 nitrogen and oxygen atoms in total. The molecular weight excluding hydrogens is 250 g/mol. The van der Waals surface area contributed by atoms with Gasteiger partial charge in [0.25, 0.3) is 5.91 Å². The highest BCUT2D eigenvalue weighted by molar-refractivity contribution is 7.17. The molecule has 1 heterocycles. The number of nitrogen functional groups attached to an aromatic ring is 1. The lowest BCUT2D eigenvalue weighted by molar-refractivity contribution is 0.0954. The highest BCUT2D eigenvalue weighted by Gasteiger charge is 2.10. The van der Waals surface area contributed by atoms with Crippen molar-refractivity contribution in [3.63, 3.8) is 0 Å². The van der Waals surface area contributed by atoms with Crippen molar-refractivity contribution in [3.8, 4) is 5.75 Å². The number of para-hydroxylation sites is 1. The third kappa shape index (κ3) is 2.78. The van der Waals surface area contributed by atoms with Crippen molar-refractivity contribution in [2.45, 2.75) is 6.54 Å². The van der Waals surface area contributed by atoms with Crippen LogP contribution in [0.3, 0.4) is 0 Å². The van der Waals surface area contributed by atoms with Crippen LogP contribution >= 0.6 is 11.3 Å². The third-order valence-electron chi connectivity index (χ3n) is 2.38. The summed E-state index contributed by atoms with van der Waals surface area (Å²) in [6.45, 7) is 0.403. The van der Waals surface area contributed by atoms with Crippen LogP contribution in [0.25, 0.3) is 0 Å². The fourth-order valence-electron chi connectivity index (χ4n) is 1.50. The van der Waals surface area contributed by atoms with Gasteiger partial charge in [0.15, 0.2) is 5.13 Å². The minimum atomic E-state index is -0.185. The molecule has 94 valence electrons. The number of anilines is 1. The van der Waals surface area contributed by atoms with E-state index in [4.69, 9.17) is 10.5 Å². The van der Waals surface area contributed by atoms with Gasteiger partial charge in [0.1, 0.15) is 10.6 Å². The normalized spacial score (nSPS) is 10.1. The van der Waals surface area contributed by atoms with Crippen molar-refractivity contribution in [1.29, 1.82) is 0 Å². The fraction of sp³-hybridized carbons (Fsp3) is 0.167. The number of thiazole rings is 1. The van der Waals surface area contributed by atoms with E-state index in [-0.39, 0.29) is 5.91 Å². The number of nitrogens with zero attached hydrogens (tertiary/aromatic N) is 1. The average molecular weight is 263 g/mol. The summed E-state index contributed by atoms with van der Waals surface area (Å²) < 4.78 is 5.21. The first-order valence-electron chi connectivity index (χ1n) is 5.32. The lowest BCUT2D eigenvalue weighted by atomic mass is 10.2. The molecule has 18 heavy (non-hydrogen) atoms. The third-order valence-corrected chi connectivity index (χ3v) is 3.20. The number of aromatic nitrogens is 1. The molecule has 0 aliphatic rings. The van der Waals surface area contributed by atoms with Crippen LogP contribution in [-0.4, -0.2) is 18.0 Å². The molecule has 1 aromatic heterocycles. The van der Waals surface area contributed by atoms with Gasteiger partial charge in [0.2, 0.25) is 0 Å². The van der Waals surface area contributed by atoms with Gasteiger partial charge in [-0.3, -0.25) is 4.79 Å². The number of nitrogens with one attached hydrogen (secondary N) is 1. The van der Waals surface area contributed by atoms with E-state index in [0.717, 1.165) is 22.6 Å². The minimum absolute atomic E-state index is 0.185. The SMILES string of the molecule is COc1ccccc1CNC(=O)c1cnc(N)s1. The van der Waals surface area contributed by atoms with Crippen LogP contribution in [0.4, 0.5) is 5.13 Å². The highest BCUT2D eigenvalue weighted by Crippen LogP contribution is 2.18. The van der Waals surface area contributed by atoms with Gasteiger partial charge in [-0.2, -0.15) is 0 Å². The van der Waals surface area contributed by atoms with Gasteiger partial charge >= 0.3 is 0 Å². The van der Waals surface area contributed by atoms with E-state index in [2.05, 4.69) is 10.3 Å². The molecule has 0 aliphatic carbocycles. The molecule has 0 spiro atoms. The van der Waals surface area contributed by atoms with Crippen molar-refractivity contribution in [1.82, 2.24) is 10.3 Å². The second-order valence-corrected chi connectivity index (χ2v) is 4.62. The molecule has 6 heteroatoms. The zero-order valence-corrected chi connectivity index (χ0v) is 10.7. The Labute approximate surface area is 109 Å². The fourth-order valence-corrected chi connectivity index (χ4v) is 2.11. The summed E-state index contributed by atoms with van der Waals surface area (Å²) in [5.74, 6) is 0.566. The second-order valence-electron chi connectivity index (χ2n) is 3.56. The van der Waals surface area contributed by atoms with E-state index < -0.39 is 0 Å². The summed E-state index contributed by atoms with van der Waals surface area (Å²) in [5.41, 5.74) is 6.40. The van der Waals surface area contributed by atoms with Gasteiger partial charge in [0.05, 0.1) is 13.3 Å². The first-order chi connectivity index (χ1) is 8.70. The monoisotopic (exact) mass is 263 g/mol. The van der Waals surface area contributed by atoms with E-state index >= 15 is 0 Å². The van der Waals surface area contributed by atoms with Crippen LogP contribution in [0.15, 0.2) is 30.5 Å². The topological polar surface area (TPSA) is 77.2 Å². The number of carbonyl (C=O) groups excluding carboxylic acids is 1. The maximum Gasteiger partial charge on any atom is 0.263 e. The molecule has 0 unspecified atom stereocenters. The highest BCUT2D eigenvalue weighted by atomic mass is 32.1. The first-order valence-corrected chi connectivity index (χ1v) is 6.13. The Morgan fingerprint density at radius 2 is 2.28 bits per heavy atom. The zero-order chi connectivity index (χ0) is 13.0. The van der Waals surface area contributed by atoms with E-state index in [1.165, 1.54) is 6.20 Å². The van der Waals surface area contributed by atoms with Crippen LogP contribution in [0.5, 0.6) is 5.75 Å². The minimum Gasteiger partial charge on any atom is -0.496 e. The molecule has 0 saturated carbocycles. The Morgan fingerprint density at radius 1 is 1.50 bits per heavy atom. The van der Waals surface area contributed by atoms with E-state index in [1.54, 1.807) is 7.11 Å². The van der Waals surface area contributed by atoms with Gasteiger partial charge in [-0.1, -0.05) is 29.5 Å². The van der Waals surface area contributed by atoms with Gasteiger partial charge in [-0.25, -0.2) is 4.98 Å². The summed E-state index contributed by atoms with van der Waals surface area (Å²) in [7, 11) is 1.60.